The van der Waals surface area contributed by atoms with Crippen molar-refractivity contribution in [2.24, 2.45) is 5.92 Å². The van der Waals surface area contributed by atoms with Gasteiger partial charge in [-0.3, -0.25) is 18.8 Å². The first kappa shape index (κ1) is 20.5. The van der Waals surface area contributed by atoms with Gasteiger partial charge in [-0.05, 0) is 54.5 Å². The van der Waals surface area contributed by atoms with Gasteiger partial charge in [-0.25, -0.2) is 4.79 Å². The lowest BCUT2D eigenvalue weighted by Crippen LogP contribution is -2.45. The Labute approximate surface area is 185 Å². The summed E-state index contributed by atoms with van der Waals surface area (Å²) in [6, 6.07) is 13.4. The van der Waals surface area contributed by atoms with Gasteiger partial charge in [0.2, 0.25) is 0 Å². The van der Waals surface area contributed by atoms with Crippen molar-refractivity contribution in [3.05, 3.63) is 79.5 Å². The van der Waals surface area contributed by atoms with E-state index in [2.05, 4.69) is 23.1 Å². The van der Waals surface area contributed by atoms with Crippen LogP contribution in [0.2, 0.25) is 5.02 Å². The number of halogens is 1. The Bertz CT molecular complexity index is 1250. The van der Waals surface area contributed by atoms with Crippen LogP contribution in [0.3, 0.4) is 0 Å². The molecule has 2 heterocycles. The van der Waals surface area contributed by atoms with E-state index >= 15 is 0 Å². The number of benzene rings is 2. The highest BCUT2D eigenvalue weighted by Gasteiger charge is 2.25. The summed E-state index contributed by atoms with van der Waals surface area (Å²) in [5.74, 6) is 0.462. The van der Waals surface area contributed by atoms with E-state index < -0.39 is 6.10 Å². The maximum atomic E-state index is 13.2. The summed E-state index contributed by atoms with van der Waals surface area (Å²) in [4.78, 5) is 28.5. The Morgan fingerprint density at radius 3 is 2.58 bits per heavy atom. The summed E-state index contributed by atoms with van der Waals surface area (Å²) in [6.45, 7) is 2.60. The standard InChI is InChI=1S/C24H26ClN3O3/c25-19-7-8-21-22(11-19)27(12-16-5-6-16)24(31)28(23(21)30)15-20(29)14-26-10-9-17-3-1-2-4-18(17)13-26/h1-4,7-8,11,16,20,29H,5-6,9-10,12-15H2/t20-/m1/s1. The van der Waals surface area contributed by atoms with Crippen LogP contribution in [-0.4, -0.2) is 38.3 Å². The molecule has 1 aliphatic carbocycles. The van der Waals surface area contributed by atoms with Crippen LogP contribution < -0.4 is 11.2 Å². The molecule has 31 heavy (non-hydrogen) atoms. The molecule has 1 N–H and O–H groups in total. The van der Waals surface area contributed by atoms with E-state index in [-0.39, 0.29) is 17.8 Å². The summed E-state index contributed by atoms with van der Waals surface area (Å²) in [5, 5.41) is 11.7. The Morgan fingerprint density at radius 1 is 1.03 bits per heavy atom. The molecule has 5 rings (SSSR count). The normalized spacial score (nSPS) is 17.6. The molecule has 6 nitrogen and oxygen atoms in total. The topological polar surface area (TPSA) is 67.5 Å². The van der Waals surface area contributed by atoms with E-state index in [1.165, 1.54) is 15.7 Å². The third-order valence-corrected chi connectivity index (χ3v) is 6.63. The maximum absolute atomic E-state index is 13.2. The van der Waals surface area contributed by atoms with Gasteiger partial charge >= 0.3 is 5.69 Å². The molecule has 1 aliphatic heterocycles. The smallest absolute Gasteiger partial charge is 0.331 e. The van der Waals surface area contributed by atoms with Crippen molar-refractivity contribution in [1.82, 2.24) is 14.0 Å². The lowest BCUT2D eigenvalue weighted by atomic mass is 10.00. The van der Waals surface area contributed by atoms with Crippen molar-refractivity contribution in [3.8, 4) is 0 Å². The molecule has 162 valence electrons. The van der Waals surface area contributed by atoms with E-state index in [9.17, 15) is 14.7 Å². The summed E-state index contributed by atoms with van der Waals surface area (Å²) >= 11 is 6.15. The quantitative estimate of drug-likeness (QED) is 0.641. The summed E-state index contributed by atoms with van der Waals surface area (Å²) in [5.41, 5.74) is 2.46. The molecule has 0 radical (unpaired) electrons. The lowest BCUT2D eigenvalue weighted by molar-refractivity contribution is 0.0896. The lowest BCUT2D eigenvalue weighted by Gasteiger charge is -2.30. The number of rotatable bonds is 6. The first-order valence-electron chi connectivity index (χ1n) is 10.9. The minimum atomic E-state index is -0.810. The highest BCUT2D eigenvalue weighted by molar-refractivity contribution is 6.31. The number of hydrogen-bond donors (Lipinski definition) is 1. The number of fused-ring (bicyclic) bond motifs is 2. The zero-order valence-electron chi connectivity index (χ0n) is 17.3. The van der Waals surface area contributed by atoms with Gasteiger partial charge in [-0.1, -0.05) is 35.9 Å². The van der Waals surface area contributed by atoms with Crippen LogP contribution in [0.15, 0.2) is 52.1 Å². The summed E-state index contributed by atoms with van der Waals surface area (Å²) in [7, 11) is 0. The van der Waals surface area contributed by atoms with E-state index in [0.717, 1.165) is 32.4 Å². The average molecular weight is 440 g/mol. The predicted octanol–water partition coefficient (Wildman–Crippen LogP) is 2.65. The van der Waals surface area contributed by atoms with Gasteiger partial charge in [0, 0.05) is 31.2 Å². The number of nitrogens with zero attached hydrogens (tertiary/aromatic N) is 3. The molecule has 0 spiro atoms. The fraction of sp³-hybridized carbons (Fsp3) is 0.417. The van der Waals surface area contributed by atoms with Crippen LogP contribution in [0.25, 0.3) is 10.9 Å². The first-order valence-corrected chi connectivity index (χ1v) is 11.3. The number of aromatic nitrogens is 2. The van der Waals surface area contributed by atoms with Crippen molar-refractivity contribution < 1.29 is 5.11 Å². The molecule has 1 atom stereocenters. The highest BCUT2D eigenvalue weighted by atomic mass is 35.5. The van der Waals surface area contributed by atoms with Crippen LogP contribution in [-0.2, 0) is 26.1 Å². The zero-order chi connectivity index (χ0) is 21.5. The average Bonchev–Trinajstić information content (AvgIpc) is 3.58. The van der Waals surface area contributed by atoms with Crippen molar-refractivity contribution in [2.45, 2.75) is 45.0 Å². The fourth-order valence-electron chi connectivity index (χ4n) is 4.56. The molecule has 0 bridgehead atoms. The second-order valence-corrected chi connectivity index (χ2v) is 9.26. The molecule has 1 saturated carbocycles. The van der Waals surface area contributed by atoms with Crippen LogP contribution >= 0.6 is 11.6 Å². The zero-order valence-corrected chi connectivity index (χ0v) is 18.1. The van der Waals surface area contributed by atoms with Gasteiger partial charge in [0.25, 0.3) is 5.56 Å². The Balaban J connectivity index is 1.41. The Kier molecular flexibility index (Phi) is 5.46. The molecule has 3 aromatic rings. The predicted molar refractivity (Wildman–Crippen MR) is 122 cm³/mol. The van der Waals surface area contributed by atoms with E-state index in [1.807, 2.05) is 6.07 Å². The molecule has 0 amide bonds. The Hall–Kier alpha value is -2.41. The van der Waals surface area contributed by atoms with E-state index in [0.29, 0.717) is 34.9 Å². The van der Waals surface area contributed by atoms with E-state index in [1.54, 1.807) is 22.8 Å². The monoisotopic (exact) mass is 439 g/mol. The molecule has 0 unspecified atom stereocenters. The molecule has 0 saturated heterocycles. The largest absolute Gasteiger partial charge is 0.390 e. The summed E-state index contributed by atoms with van der Waals surface area (Å²) in [6.07, 6.45) is 2.31. The van der Waals surface area contributed by atoms with Crippen LogP contribution in [0.4, 0.5) is 0 Å². The molecule has 2 aromatic carbocycles. The minimum absolute atomic E-state index is 0.0148. The van der Waals surface area contributed by atoms with Gasteiger partial charge in [-0.2, -0.15) is 0 Å². The van der Waals surface area contributed by atoms with Crippen molar-refractivity contribution >= 4 is 22.5 Å². The van der Waals surface area contributed by atoms with Crippen LogP contribution in [0.5, 0.6) is 0 Å². The number of aliphatic hydroxyl groups excluding tert-OH is 1. The molecular weight excluding hydrogens is 414 g/mol. The second kappa shape index (κ2) is 8.26. The highest BCUT2D eigenvalue weighted by Crippen LogP contribution is 2.31. The fourth-order valence-corrected chi connectivity index (χ4v) is 4.73. The van der Waals surface area contributed by atoms with Gasteiger partial charge in [-0.15, -0.1) is 0 Å². The number of aliphatic hydroxyl groups is 1. The van der Waals surface area contributed by atoms with E-state index in [4.69, 9.17) is 11.6 Å². The third kappa shape index (κ3) is 4.20. The SMILES string of the molecule is O=c1c2ccc(Cl)cc2n(CC2CC2)c(=O)n1C[C@H](O)CN1CCc2ccccc2C1. The molecule has 1 fully saturated rings. The Morgan fingerprint density at radius 2 is 1.81 bits per heavy atom. The minimum Gasteiger partial charge on any atom is -0.390 e. The molecular formula is C24H26ClN3O3. The van der Waals surface area contributed by atoms with Crippen molar-refractivity contribution in [1.29, 1.82) is 0 Å². The van der Waals surface area contributed by atoms with Gasteiger partial charge in [0.15, 0.2) is 0 Å². The molecule has 1 aromatic heterocycles. The van der Waals surface area contributed by atoms with Crippen LogP contribution in [0.1, 0.15) is 24.0 Å². The van der Waals surface area contributed by atoms with Gasteiger partial charge < -0.3 is 5.11 Å². The van der Waals surface area contributed by atoms with Crippen molar-refractivity contribution in [3.63, 3.8) is 0 Å². The number of hydrogen-bond acceptors (Lipinski definition) is 4. The van der Waals surface area contributed by atoms with Gasteiger partial charge in [0.05, 0.1) is 23.6 Å². The summed E-state index contributed by atoms with van der Waals surface area (Å²) < 4.78 is 2.85. The third-order valence-electron chi connectivity index (χ3n) is 6.40. The second-order valence-electron chi connectivity index (χ2n) is 8.82. The molecule has 7 heteroatoms. The maximum Gasteiger partial charge on any atom is 0.331 e. The molecule has 2 aliphatic rings. The van der Waals surface area contributed by atoms with Gasteiger partial charge in [0.1, 0.15) is 0 Å². The number of β-amino-alcohol motifs (C(OH)–C–C–N with tert-alkyl or cyclic N) is 1. The first-order chi connectivity index (χ1) is 15.0. The van der Waals surface area contributed by atoms with Crippen LogP contribution in [0, 0.1) is 5.92 Å². The van der Waals surface area contributed by atoms with Crippen molar-refractivity contribution in [2.75, 3.05) is 13.1 Å².